The highest BCUT2D eigenvalue weighted by Crippen LogP contribution is 2.42. The molecule has 1 heterocycles. The van der Waals surface area contributed by atoms with Crippen molar-refractivity contribution in [2.24, 2.45) is 0 Å². The van der Waals surface area contributed by atoms with E-state index in [2.05, 4.69) is 22.1 Å². The van der Waals surface area contributed by atoms with Crippen LogP contribution in [-0.4, -0.2) is 16.1 Å². The Morgan fingerprint density at radius 3 is 2.32 bits per heavy atom. The van der Waals surface area contributed by atoms with E-state index in [0.29, 0.717) is 35.6 Å². The lowest BCUT2D eigenvalue weighted by Crippen LogP contribution is -2.30. The molecule has 5 rings (SSSR count). The van der Waals surface area contributed by atoms with Gasteiger partial charge in [0.2, 0.25) is 0 Å². The number of halogens is 1. The molecule has 0 amide bonds. The van der Waals surface area contributed by atoms with Crippen molar-refractivity contribution in [2.45, 2.75) is 50.1 Å². The molecule has 2 aromatic carbocycles. The minimum Gasteiger partial charge on any atom is -0.311 e. The Hall–Kier alpha value is -3.21. The second kappa shape index (κ2) is 8.14. The van der Waals surface area contributed by atoms with E-state index in [1.54, 1.807) is 0 Å². The maximum Gasteiger partial charge on any atom is 0.325 e. The molecular weight excluding hydrogens is 391 g/mol. The van der Waals surface area contributed by atoms with E-state index in [1.807, 2.05) is 48.5 Å². The van der Waals surface area contributed by atoms with Gasteiger partial charge < -0.3 is 4.98 Å². The fraction of sp³-hybridized carbons (Fsp3) is 0.308. The minimum atomic E-state index is -1.14. The molecule has 0 radical (unpaired) electrons. The summed E-state index contributed by atoms with van der Waals surface area (Å²) in [5, 5.41) is 0. The van der Waals surface area contributed by atoms with Gasteiger partial charge in [0, 0.05) is 23.6 Å². The third-order valence-electron chi connectivity index (χ3n) is 6.45. The lowest BCUT2D eigenvalue weighted by molar-refractivity contribution is 0.349. The second-order valence-electron chi connectivity index (χ2n) is 8.65. The summed E-state index contributed by atoms with van der Waals surface area (Å²) in [5.74, 6) is 0.439. The van der Waals surface area contributed by atoms with Crippen LogP contribution in [0.4, 0.5) is 4.39 Å². The van der Waals surface area contributed by atoms with Gasteiger partial charge in [0.15, 0.2) is 0 Å². The van der Waals surface area contributed by atoms with Gasteiger partial charge in [0.1, 0.15) is 6.17 Å². The quantitative estimate of drug-likeness (QED) is 0.626. The van der Waals surface area contributed by atoms with Crippen molar-refractivity contribution in [2.75, 3.05) is 0 Å². The van der Waals surface area contributed by atoms with Gasteiger partial charge in [-0.05, 0) is 53.9 Å². The number of rotatable bonds is 5. The maximum atomic E-state index is 15.3. The molecule has 2 N–H and O–H groups in total. The maximum absolute atomic E-state index is 15.3. The Morgan fingerprint density at radius 1 is 0.903 bits per heavy atom. The van der Waals surface area contributed by atoms with Crippen molar-refractivity contribution in [1.29, 1.82) is 0 Å². The van der Waals surface area contributed by atoms with Gasteiger partial charge in [-0.2, -0.15) is 0 Å². The molecule has 1 saturated carbocycles. The van der Waals surface area contributed by atoms with Crippen LogP contribution >= 0.6 is 0 Å². The molecule has 0 bridgehead atoms. The van der Waals surface area contributed by atoms with Crippen LogP contribution in [-0.2, 0) is 6.42 Å². The fourth-order valence-electron chi connectivity index (χ4n) is 4.62. The predicted octanol–water partition coefficient (Wildman–Crippen LogP) is 4.83. The van der Waals surface area contributed by atoms with Crippen LogP contribution in [0.5, 0.6) is 0 Å². The number of nitrogens with one attached hydrogen (secondary N) is 2. The zero-order chi connectivity index (χ0) is 21.4. The Bertz CT molecular complexity index is 1220. The Balaban J connectivity index is 1.43. The largest absolute Gasteiger partial charge is 0.325 e. The van der Waals surface area contributed by atoms with Crippen LogP contribution < -0.4 is 11.2 Å². The molecule has 158 valence electrons. The summed E-state index contributed by atoms with van der Waals surface area (Å²) < 4.78 is 15.3. The molecule has 3 aromatic rings. The first-order valence-corrected chi connectivity index (χ1v) is 10.9. The van der Waals surface area contributed by atoms with Crippen molar-refractivity contribution in [3.8, 4) is 0 Å². The fourth-order valence-corrected chi connectivity index (χ4v) is 4.62. The summed E-state index contributed by atoms with van der Waals surface area (Å²) in [6.07, 6.45) is 4.51. The van der Waals surface area contributed by atoms with Crippen LogP contribution in [0, 0.1) is 0 Å². The number of benzene rings is 2. The zero-order valence-electron chi connectivity index (χ0n) is 17.2. The van der Waals surface area contributed by atoms with Crippen molar-refractivity contribution in [3.05, 3.63) is 109 Å². The highest BCUT2D eigenvalue weighted by Gasteiger charge is 2.29. The van der Waals surface area contributed by atoms with Gasteiger partial charge in [-0.1, -0.05) is 60.7 Å². The number of H-pyrrole nitrogens is 2. The topological polar surface area (TPSA) is 65.7 Å². The molecule has 0 saturated heterocycles. The van der Waals surface area contributed by atoms with Crippen LogP contribution in [0.1, 0.15) is 65.5 Å². The predicted molar refractivity (Wildman–Crippen MR) is 120 cm³/mol. The van der Waals surface area contributed by atoms with Gasteiger partial charge in [0.05, 0.1) is 0 Å². The SMILES string of the molecule is O=c1[nH]c(C2CC=C(c3ccc(C4CC4)cc3)C(F)C2)c(Cc2ccccc2)c(=O)[nH]1. The zero-order valence-corrected chi connectivity index (χ0v) is 17.2. The molecule has 31 heavy (non-hydrogen) atoms. The third-order valence-corrected chi connectivity index (χ3v) is 6.45. The van der Waals surface area contributed by atoms with E-state index in [-0.39, 0.29) is 12.3 Å². The van der Waals surface area contributed by atoms with Gasteiger partial charge in [-0.15, -0.1) is 0 Å². The highest BCUT2D eigenvalue weighted by atomic mass is 19.1. The van der Waals surface area contributed by atoms with Crippen molar-refractivity contribution < 1.29 is 4.39 Å². The van der Waals surface area contributed by atoms with Crippen molar-refractivity contribution in [1.82, 2.24) is 9.97 Å². The van der Waals surface area contributed by atoms with Crippen LogP contribution in [0.3, 0.4) is 0 Å². The monoisotopic (exact) mass is 416 g/mol. The molecule has 1 aromatic heterocycles. The Labute approximate surface area is 179 Å². The summed E-state index contributed by atoms with van der Waals surface area (Å²) in [6.45, 7) is 0. The second-order valence-corrected chi connectivity index (χ2v) is 8.65. The number of aromatic amines is 2. The number of allylic oxidation sites excluding steroid dienone is 2. The first-order valence-electron chi connectivity index (χ1n) is 10.9. The lowest BCUT2D eigenvalue weighted by atomic mass is 9.81. The van der Waals surface area contributed by atoms with Crippen LogP contribution in [0.25, 0.3) is 5.57 Å². The molecule has 2 unspecified atom stereocenters. The van der Waals surface area contributed by atoms with Gasteiger partial charge in [0.25, 0.3) is 5.56 Å². The molecule has 5 heteroatoms. The van der Waals surface area contributed by atoms with Gasteiger partial charge >= 0.3 is 5.69 Å². The summed E-state index contributed by atoms with van der Waals surface area (Å²) in [6, 6.07) is 17.9. The Morgan fingerprint density at radius 2 is 1.65 bits per heavy atom. The van der Waals surface area contributed by atoms with Crippen LogP contribution in [0.2, 0.25) is 0 Å². The molecule has 2 atom stereocenters. The lowest BCUT2D eigenvalue weighted by Gasteiger charge is -2.26. The third kappa shape index (κ3) is 4.18. The minimum absolute atomic E-state index is 0.238. The van der Waals surface area contributed by atoms with E-state index in [4.69, 9.17) is 0 Å². The normalized spacial score (nSPS) is 21.0. The highest BCUT2D eigenvalue weighted by molar-refractivity contribution is 5.70. The summed E-state index contributed by atoms with van der Waals surface area (Å²) >= 11 is 0. The first kappa shape index (κ1) is 19.7. The van der Waals surface area contributed by atoms with E-state index >= 15 is 4.39 Å². The molecule has 0 spiro atoms. The molecule has 1 fully saturated rings. The number of hydrogen-bond donors (Lipinski definition) is 2. The van der Waals surface area contributed by atoms with E-state index in [1.165, 1.54) is 18.4 Å². The number of aromatic nitrogens is 2. The average Bonchev–Trinajstić information content (AvgIpc) is 3.62. The molecule has 2 aliphatic carbocycles. The summed E-state index contributed by atoms with van der Waals surface area (Å²) in [4.78, 5) is 29.7. The standard InChI is InChI=1S/C26H25FN2O2/c27-23-15-20(12-13-21(23)19-10-8-18(9-11-19)17-6-7-17)24-22(25(30)29-26(31)28-24)14-16-4-2-1-3-5-16/h1-5,8-11,13,17,20,23H,6-7,12,14-15H2,(H2,28,29,30,31). The molecule has 0 aliphatic heterocycles. The van der Waals surface area contributed by atoms with Crippen LogP contribution in [0.15, 0.2) is 70.3 Å². The molecule has 2 aliphatic rings. The average molecular weight is 416 g/mol. The van der Waals surface area contributed by atoms with Crippen molar-refractivity contribution >= 4 is 5.57 Å². The van der Waals surface area contributed by atoms with E-state index in [0.717, 1.165) is 11.1 Å². The first-order chi connectivity index (χ1) is 15.1. The van der Waals surface area contributed by atoms with Crippen molar-refractivity contribution in [3.63, 3.8) is 0 Å². The van der Waals surface area contributed by atoms with Gasteiger partial charge in [-0.25, -0.2) is 9.18 Å². The summed E-state index contributed by atoms with van der Waals surface area (Å²) in [5.41, 5.74) is 4.05. The Kier molecular flexibility index (Phi) is 5.18. The smallest absolute Gasteiger partial charge is 0.311 e. The van der Waals surface area contributed by atoms with E-state index in [9.17, 15) is 9.59 Å². The van der Waals surface area contributed by atoms with E-state index < -0.39 is 17.4 Å². The molecule has 4 nitrogen and oxygen atoms in total. The molecular formula is C26H25FN2O2. The van der Waals surface area contributed by atoms with Gasteiger partial charge in [-0.3, -0.25) is 9.78 Å². The number of hydrogen-bond acceptors (Lipinski definition) is 2. The summed E-state index contributed by atoms with van der Waals surface area (Å²) in [7, 11) is 0. The number of alkyl halides is 1.